The summed E-state index contributed by atoms with van der Waals surface area (Å²) in [5.74, 6) is 1.70. The van der Waals surface area contributed by atoms with Crippen LogP contribution >= 0.6 is 0 Å². The summed E-state index contributed by atoms with van der Waals surface area (Å²) < 4.78 is 14.9. The lowest BCUT2D eigenvalue weighted by Gasteiger charge is -2.25. The molecule has 3 rings (SSSR count). The molecule has 21 heavy (non-hydrogen) atoms. The fourth-order valence-electron chi connectivity index (χ4n) is 3.29. The number of hydrogen-bond acceptors (Lipinski definition) is 2. The first kappa shape index (κ1) is 14.1. The van der Waals surface area contributed by atoms with Crippen LogP contribution in [0.4, 0.5) is 10.2 Å². The van der Waals surface area contributed by atoms with E-state index < -0.39 is 0 Å². The number of halogens is 1. The van der Waals surface area contributed by atoms with Crippen LogP contribution in [0, 0.1) is 11.7 Å². The molecule has 1 saturated carbocycles. The predicted molar refractivity (Wildman–Crippen MR) is 83.4 cm³/mol. The van der Waals surface area contributed by atoms with Crippen LogP contribution in [0.2, 0.25) is 0 Å². The molecule has 2 N–H and O–H groups in total. The molecule has 1 fully saturated rings. The van der Waals surface area contributed by atoms with E-state index in [4.69, 9.17) is 5.73 Å². The van der Waals surface area contributed by atoms with Gasteiger partial charge in [-0.3, -0.25) is 4.68 Å². The SMILES string of the molecule is CC1CCC(c2nn(C)c(N)c2-c2ccc(F)cc2)CC1. The number of anilines is 1. The molecule has 1 heterocycles. The van der Waals surface area contributed by atoms with Gasteiger partial charge in [0.1, 0.15) is 11.6 Å². The summed E-state index contributed by atoms with van der Waals surface area (Å²) in [7, 11) is 1.87. The molecule has 1 aliphatic carbocycles. The maximum atomic E-state index is 13.2. The molecule has 0 saturated heterocycles. The van der Waals surface area contributed by atoms with Gasteiger partial charge in [-0.2, -0.15) is 5.10 Å². The third-order valence-corrected chi connectivity index (χ3v) is 4.65. The van der Waals surface area contributed by atoms with Crippen LogP contribution in [0.5, 0.6) is 0 Å². The van der Waals surface area contributed by atoms with Gasteiger partial charge in [-0.15, -0.1) is 0 Å². The Hall–Kier alpha value is -1.84. The van der Waals surface area contributed by atoms with Crippen LogP contribution in [-0.4, -0.2) is 9.78 Å². The van der Waals surface area contributed by atoms with Gasteiger partial charge in [0, 0.05) is 18.5 Å². The topological polar surface area (TPSA) is 43.8 Å². The number of nitrogens with two attached hydrogens (primary N) is 1. The molecule has 0 radical (unpaired) electrons. The van der Waals surface area contributed by atoms with Crippen molar-refractivity contribution in [2.45, 2.75) is 38.5 Å². The van der Waals surface area contributed by atoms with Crippen LogP contribution in [0.1, 0.15) is 44.2 Å². The minimum atomic E-state index is -0.228. The molecule has 1 aromatic heterocycles. The van der Waals surface area contributed by atoms with Crippen molar-refractivity contribution in [3.8, 4) is 11.1 Å². The van der Waals surface area contributed by atoms with Gasteiger partial charge in [0.2, 0.25) is 0 Å². The largest absolute Gasteiger partial charge is 0.383 e. The highest BCUT2D eigenvalue weighted by Crippen LogP contribution is 2.41. The van der Waals surface area contributed by atoms with Gasteiger partial charge in [0.05, 0.1) is 5.69 Å². The molecule has 2 aromatic rings. The molecule has 112 valence electrons. The standard InChI is InChI=1S/C17H22FN3/c1-11-3-5-13(6-4-11)16-15(17(19)21(2)20-16)12-7-9-14(18)10-8-12/h7-11,13H,3-6,19H2,1-2H3. The van der Waals surface area contributed by atoms with E-state index in [2.05, 4.69) is 12.0 Å². The molecule has 0 amide bonds. The smallest absolute Gasteiger partial charge is 0.129 e. The summed E-state index contributed by atoms with van der Waals surface area (Å²) in [6, 6.07) is 6.54. The normalized spacial score (nSPS) is 22.4. The molecule has 1 aromatic carbocycles. The van der Waals surface area contributed by atoms with E-state index in [1.807, 2.05) is 7.05 Å². The number of nitrogens with zero attached hydrogens (tertiary/aromatic N) is 2. The number of hydrogen-bond donors (Lipinski definition) is 1. The van der Waals surface area contributed by atoms with E-state index in [0.717, 1.165) is 35.6 Å². The molecule has 0 aliphatic heterocycles. The lowest BCUT2D eigenvalue weighted by atomic mass is 9.80. The van der Waals surface area contributed by atoms with Gasteiger partial charge >= 0.3 is 0 Å². The average Bonchev–Trinajstić information content (AvgIpc) is 2.77. The van der Waals surface area contributed by atoms with E-state index in [1.54, 1.807) is 16.8 Å². The van der Waals surface area contributed by atoms with Crippen molar-refractivity contribution in [1.29, 1.82) is 0 Å². The highest BCUT2D eigenvalue weighted by Gasteiger charge is 2.26. The monoisotopic (exact) mass is 287 g/mol. The van der Waals surface area contributed by atoms with E-state index in [-0.39, 0.29) is 5.82 Å². The molecular weight excluding hydrogens is 265 g/mol. The van der Waals surface area contributed by atoms with Crippen LogP contribution in [0.25, 0.3) is 11.1 Å². The first-order chi connectivity index (χ1) is 10.1. The Balaban J connectivity index is 2.01. The molecule has 0 spiro atoms. The quantitative estimate of drug-likeness (QED) is 0.903. The molecule has 0 unspecified atom stereocenters. The first-order valence-corrected chi connectivity index (χ1v) is 7.64. The minimum Gasteiger partial charge on any atom is -0.383 e. The molecule has 1 aliphatic rings. The van der Waals surface area contributed by atoms with Gasteiger partial charge in [-0.05, 0) is 36.5 Å². The summed E-state index contributed by atoms with van der Waals surface area (Å²) in [5, 5.41) is 4.66. The summed E-state index contributed by atoms with van der Waals surface area (Å²) >= 11 is 0. The third kappa shape index (κ3) is 2.67. The number of benzene rings is 1. The van der Waals surface area contributed by atoms with Crippen molar-refractivity contribution < 1.29 is 4.39 Å². The second-order valence-electron chi connectivity index (χ2n) is 6.23. The van der Waals surface area contributed by atoms with Gasteiger partial charge in [-0.1, -0.05) is 31.9 Å². The Morgan fingerprint density at radius 2 is 1.76 bits per heavy atom. The molecule has 3 nitrogen and oxygen atoms in total. The van der Waals surface area contributed by atoms with Gasteiger partial charge < -0.3 is 5.73 Å². The maximum absolute atomic E-state index is 13.2. The van der Waals surface area contributed by atoms with Crippen LogP contribution in [-0.2, 0) is 7.05 Å². The van der Waals surface area contributed by atoms with E-state index >= 15 is 0 Å². The van der Waals surface area contributed by atoms with Crippen molar-refractivity contribution in [3.05, 3.63) is 35.8 Å². The summed E-state index contributed by atoms with van der Waals surface area (Å²) in [6.45, 7) is 2.31. The lowest BCUT2D eigenvalue weighted by molar-refractivity contribution is 0.343. The number of aryl methyl sites for hydroxylation is 1. The van der Waals surface area contributed by atoms with Crippen LogP contribution in [0.3, 0.4) is 0 Å². The number of nitrogen functional groups attached to an aromatic ring is 1. The molecule has 0 bridgehead atoms. The average molecular weight is 287 g/mol. The Morgan fingerprint density at radius 3 is 2.38 bits per heavy atom. The van der Waals surface area contributed by atoms with Crippen molar-refractivity contribution in [3.63, 3.8) is 0 Å². The van der Waals surface area contributed by atoms with Crippen molar-refractivity contribution in [1.82, 2.24) is 9.78 Å². The molecular formula is C17H22FN3. The van der Waals surface area contributed by atoms with Crippen LogP contribution in [0.15, 0.2) is 24.3 Å². The fourth-order valence-corrected chi connectivity index (χ4v) is 3.29. The Bertz CT molecular complexity index is 622. The fraction of sp³-hybridized carbons (Fsp3) is 0.471. The van der Waals surface area contributed by atoms with Crippen molar-refractivity contribution in [2.24, 2.45) is 13.0 Å². The maximum Gasteiger partial charge on any atom is 0.129 e. The Labute approximate surface area is 125 Å². The van der Waals surface area contributed by atoms with Crippen molar-refractivity contribution in [2.75, 3.05) is 5.73 Å². The second-order valence-corrected chi connectivity index (χ2v) is 6.23. The van der Waals surface area contributed by atoms with E-state index in [9.17, 15) is 4.39 Å². The van der Waals surface area contributed by atoms with Gasteiger partial charge in [-0.25, -0.2) is 4.39 Å². The third-order valence-electron chi connectivity index (χ3n) is 4.65. The first-order valence-electron chi connectivity index (χ1n) is 7.64. The lowest BCUT2D eigenvalue weighted by Crippen LogP contribution is -2.12. The summed E-state index contributed by atoms with van der Waals surface area (Å²) in [6.07, 6.45) is 4.80. The zero-order chi connectivity index (χ0) is 15.0. The molecule has 0 atom stereocenters. The molecule has 4 heteroatoms. The van der Waals surface area contributed by atoms with Gasteiger partial charge in [0.15, 0.2) is 0 Å². The number of rotatable bonds is 2. The zero-order valence-electron chi connectivity index (χ0n) is 12.6. The van der Waals surface area contributed by atoms with Crippen molar-refractivity contribution >= 4 is 5.82 Å². The number of aromatic nitrogens is 2. The van der Waals surface area contributed by atoms with Gasteiger partial charge in [0.25, 0.3) is 0 Å². The Kier molecular flexibility index (Phi) is 3.70. The van der Waals surface area contributed by atoms with Crippen LogP contribution < -0.4 is 5.73 Å². The highest BCUT2D eigenvalue weighted by molar-refractivity contribution is 5.77. The second kappa shape index (κ2) is 5.51. The van der Waals surface area contributed by atoms with E-state index in [1.165, 1.54) is 25.0 Å². The summed E-state index contributed by atoms with van der Waals surface area (Å²) in [4.78, 5) is 0. The zero-order valence-corrected chi connectivity index (χ0v) is 12.6. The van der Waals surface area contributed by atoms with E-state index in [0.29, 0.717) is 11.7 Å². The summed E-state index contributed by atoms with van der Waals surface area (Å²) in [5.41, 5.74) is 9.23. The minimum absolute atomic E-state index is 0.228. The Morgan fingerprint density at radius 1 is 1.14 bits per heavy atom. The predicted octanol–water partition coefficient (Wildman–Crippen LogP) is 4.10. The highest BCUT2D eigenvalue weighted by atomic mass is 19.1.